The first-order chi connectivity index (χ1) is 19.7. The van der Waals surface area contributed by atoms with Crippen molar-refractivity contribution in [3.8, 4) is 0 Å². The number of hydrogen-bond acceptors (Lipinski definition) is 6. The van der Waals surface area contributed by atoms with Crippen LogP contribution in [0, 0.1) is 5.92 Å². The van der Waals surface area contributed by atoms with Gasteiger partial charge in [-0.15, -0.1) is 23.5 Å². The number of benzene rings is 2. The molecule has 2 atom stereocenters. The van der Waals surface area contributed by atoms with E-state index in [4.69, 9.17) is 0 Å². The zero-order chi connectivity index (χ0) is 26.8. The molecule has 4 heterocycles. The summed E-state index contributed by atoms with van der Waals surface area (Å²) >= 11 is 7.87. The molecule has 6 heteroatoms. The fraction of sp³-hybridized carbons (Fsp3) is 0.412. The number of rotatable bonds is 4. The van der Waals surface area contributed by atoms with E-state index in [1.54, 1.807) is 28.0 Å². The molecule has 0 spiro atoms. The Morgan fingerprint density at radius 1 is 0.825 bits per heavy atom. The van der Waals surface area contributed by atoms with Crippen molar-refractivity contribution in [1.29, 1.82) is 0 Å². The van der Waals surface area contributed by atoms with Gasteiger partial charge < -0.3 is 9.80 Å². The van der Waals surface area contributed by atoms with Crippen LogP contribution in [0.2, 0.25) is 0 Å². The van der Waals surface area contributed by atoms with Gasteiger partial charge >= 0.3 is 0 Å². The summed E-state index contributed by atoms with van der Waals surface area (Å²) in [6.45, 7) is 2.34. The van der Waals surface area contributed by atoms with Gasteiger partial charge in [0.15, 0.2) is 0 Å². The third kappa shape index (κ3) is 4.35. The molecule has 4 aliphatic heterocycles. The maximum absolute atomic E-state index is 2.70. The summed E-state index contributed by atoms with van der Waals surface area (Å²) in [5.74, 6) is 0.734. The van der Waals surface area contributed by atoms with Gasteiger partial charge in [0.05, 0.1) is 21.8 Å². The Morgan fingerprint density at radius 2 is 1.57 bits per heavy atom. The minimum absolute atomic E-state index is 0.441. The Morgan fingerprint density at radius 3 is 2.40 bits per heavy atom. The molecule has 2 aromatic rings. The molecule has 0 saturated carbocycles. The molecule has 0 saturated heterocycles. The van der Waals surface area contributed by atoms with Crippen molar-refractivity contribution in [3.63, 3.8) is 0 Å². The van der Waals surface area contributed by atoms with Crippen LogP contribution in [-0.4, -0.2) is 31.0 Å². The average molecular weight is 601 g/mol. The lowest BCUT2D eigenvalue weighted by Gasteiger charge is -2.32. The smallest absolute Gasteiger partial charge is 0.0988 e. The van der Waals surface area contributed by atoms with Crippen LogP contribution in [0.3, 0.4) is 0 Å². The van der Waals surface area contributed by atoms with E-state index in [0.717, 1.165) is 12.5 Å². The lowest BCUT2D eigenvalue weighted by Crippen LogP contribution is -2.33. The van der Waals surface area contributed by atoms with Crippen LogP contribution in [0.4, 0.5) is 11.4 Å². The average Bonchev–Trinajstić information content (AvgIpc) is 3.53. The highest BCUT2D eigenvalue weighted by molar-refractivity contribution is 8.03. The standard InChI is InChI=1S/C34H36N2S4/c1-37-27-11-13-29-33-25(27)5-3-15-35(33)31(39-29)19-21-7-9-23-10-8-22(18-24(23)17-21)20-32-36-16-4-6-26-28(38-2)12-14-30(40-32)34(26)36/h11-14,17-20,23,31H,3-10,15-16H2,1-2H3/b21-19+,32-20-. The van der Waals surface area contributed by atoms with Gasteiger partial charge in [-0.3, -0.25) is 0 Å². The molecular formula is C34H36N2S4. The van der Waals surface area contributed by atoms with E-state index in [-0.39, 0.29) is 0 Å². The van der Waals surface area contributed by atoms with Crippen molar-refractivity contribution in [2.24, 2.45) is 5.92 Å². The number of thioether (sulfide) groups is 4. The van der Waals surface area contributed by atoms with Gasteiger partial charge in [-0.05, 0) is 134 Å². The van der Waals surface area contributed by atoms with Gasteiger partial charge in [0.25, 0.3) is 0 Å². The molecule has 0 radical (unpaired) electrons. The van der Waals surface area contributed by atoms with Gasteiger partial charge in [0.2, 0.25) is 0 Å². The molecule has 2 nitrogen and oxygen atoms in total. The fourth-order valence-electron chi connectivity index (χ4n) is 7.57. The first-order valence-corrected chi connectivity index (χ1v) is 19.0. The normalized spacial score (nSPS) is 26.6. The predicted octanol–water partition coefficient (Wildman–Crippen LogP) is 9.70. The highest BCUT2D eigenvalue weighted by Gasteiger charge is 2.35. The highest BCUT2D eigenvalue weighted by Crippen LogP contribution is 2.53. The van der Waals surface area contributed by atoms with Gasteiger partial charge in [-0.2, -0.15) is 0 Å². The number of fused-ring (bicyclic) bond motifs is 1. The maximum Gasteiger partial charge on any atom is 0.0988 e. The van der Waals surface area contributed by atoms with Crippen LogP contribution in [0.1, 0.15) is 49.7 Å². The van der Waals surface area contributed by atoms with Crippen LogP contribution in [0.25, 0.3) is 0 Å². The van der Waals surface area contributed by atoms with E-state index in [2.05, 4.69) is 82.6 Å². The van der Waals surface area contributed by atoms with Crippen molar-refractivity contribution in [3.05, 3.63) is 81.4 Å². The van der Waals surface area contributed by atoms with Crippen molar-refractivity contribution in [2.75, 3.05) is 35.4 Å². The summed E-state index contributed by atoms with van der Waals surface area (Å²) in [5, 5.41) is 1.88. The zero-order valence-corrected chi connectivity index (χ0v) is 26.6. The molecule has 0 bridgehead atoms. The molecule has 2 aliphatic carbocycles. The third-order valence-electron chi connectivity index (χ3n) is 9.48. The molecule has 0 fully saturated rings. The van der Waals surface area contributed by atoms with E-state index in [1.165, 1.54) is 93.8 Å². The van der Waals surface area contributed by atoms with E-state index < -0.39 is 0 Å². The Hall–Kier alpha value is -1.60. The summed E-state index contributed by atoms with van der Waals surface area (Å²) in [7, 11) is 0. The van der Waals surface area contributed by atoms with E-state index in [0.29, 0.717) is 5.37 Å². The van der Waals surface area contributed by atoms with E-state index in [1.807, 2.05) is 35.3 Å². The van der Waals surface area contributed by atoms with Crippen LogP contribution >= 0.6 is 47.0 Å². The van der Waals surface area contributed by atoms with Crippen molar-refractivity contribution < 1.29 is 0 Å². The van der Waals surface area contributed by atoms with Crippen molar-refractivity contribution in [2.45, 2.75) is 76.3 Å². The summed E-state index contributed by atoms with van der Waals surface area (Å²) in [4.78, 5) is 11.2. The molecule has 0 amide bonds. The van der Waals surface area contributed by atoms with E-state index in [9.17, 15) is 0 Å². The highest BCUT2D eigenvalue weighted by atomic mass is 32.2. The van der Waals surface area contributed by atoms with Crippen LogP contribution in [0.5, 0.6) is 0 Å². The first-order valence-electron chi connectivity index (χ1n) is 14.8. The fourth-order valence-corrected chi connectivity index (χ4v) is 11.4. The molecule has 6 aliphatic rings. The molecule has 0 N–H and O–H groups in total. The zero-order valence-electron chi connectivity index (χ0n) is 23.4. The second-order valence-corrected chi connectivity index (χ2v) is 15.6. The van der Waals surface area contributed by atoms with E-state index >= 15 is 0 Å². The quantitative estimate of drug-likeness (QED) is 0.320. The lowest BCUT2D eigenvalue weighted by atomic mass is 9.77. The molecular weight excluding hydrogens is 565 g/mol. The van der Waals surface area contributed by atoms with Crippen molar-refractivity contribution in [1.82, 2.24) is 0 Å². The van der Waals surface area contributed by atoms with Gasteiger partial charge in [-0.25, -0.2) is 0 Å². The largest absolute Gasteiger partial charge is 0.354 e. The molecule has 40 heavy (non-hydrogen) atoms. The Bertz CT molecular complexity index is 1520. The number of nitrogens with zero attached hydrogens (tertiary/aromatic N) is 2. The minimum atomic E-state index is 0.441. The summed E-state index contributed by atoms with van der Waals surface area (Å²) in [6.07, 6.45) is 24.7. The molecule has 2 aromatic carbocycles. The molecule has 206 valence electrons. The summed E-state index contributed by atoms with van der Waals surface area (Å²) < 4.78 is 0. The molecule has 2 unspecified atom stereocenters. The topological polar surface area (TPSA) is 6.48 Å². The number of anilines is 2. The monoisotopic (exact) mass is 600 g/mol. The number of hydrogen-bond donors (Lipinski definition) is 0. The summed E-state index contributed by atoms with van der Waals surface area (Å²) in [5.41, 5.74) is 10.9. The van der Waals surface area contributed by atoms with Gasteiger partial charge in [-0.1, -0.05) is 35.7 Å². The molecule has 0 aromatic heterocycles. The van der Waals surface area contributed by atoms with Gasteiger partial charge in [0, 0.05) is 32.7 Å². The SMILES string of the molecule is CSc1ccc2c3c1CCCN3/C(=C/C1=CC3=C/C(=C/C4Sc5ccc(SC)c6c5N4CCC6)CCC3CC1)S2. The van der Waals surface area contributed by atoms with Crippen molar-refractivity contribution >= 4 is 58.4 Å². The minimum Gasteiger partial charge on any atom is -0.354 e. The van der Waals surface area contributed by atoms with Crippen LogP contribution in [-0.2, 0) is 12.8 Å². The second kappa shape index (κ2) is 10.6. The summed E-state index contributed by atoms with van der Waals surface area (Å²) in [6, 6.07) is 9.43. The Balaban J connectivity index is 1.07. The maximum atomic E-state index is 2.70. The first kappa shape index (κ1) is 26.1. The Labute approximate surface area is 256 Å². The van der Waals surface area contributed by atoms with Crippen LogP contribution in [0.15, 0.2) is 89.9 Å². The molecule has 8 rings (SSSR count). The third-order valence-corrected chi connectivity index (χ3v) is 13.4. The number of allylic oxidation sites excluding steroid dienone is 6. The lowest BCUT2D eigenvalue weighted by molar-refractivity contribution is 0.501. The Kier molecular flexibility index (Phi) is 6.90. The second-order valence-electron chi connectivity index (χ2n) is 11.7. The van der Waals surface area contributed by atoms with Gasteiger partial charge in [0.1, 0.15) is 0 Å². The van der Waals surface area contributed by atoms with Crippen LogP contribution < -0.4 is 9.80 Å². The predicted molar refractivity (Wildman–Crippen MR) is 178 cm³/mol.